The van der Waals surface area contributed by atoms with Crippen molar-refractivity contribution in [3.63, 3.8) is 0 Å². The number of carbonyl (C=O) groups excluding carboxylic acids is 2. The van der Waals surface area contributed by atoms with Crippen LogP contribution in [0.2, 0.25) is 0 Å². The molecular formula is C24H26FN3O3. The predicted molar refractivity (Wildman–Crippen MR) is 114 cm³/mol. The number of nitrogens with zero attached hydrogens (tertiary/aromatic N) is 3. The van der Waals surface area contributed by atoms with Crippen molar-refractivity contribution in [3.8, 4) is 0 Å². The lowest BCUT2D eigenvalue weighted by Crippen LogP contribution is -2.53. The quantitative estimate of drug-likeness (QED) is 0.635. The normalized spacial score (nSPS) is 16.1. The Hall–Kier alpha value is -3.35. The van der Waals surface area contributed by atoms with Crippen LogP contribution in [-0.2, 0) is 11.3 Å². The zero-order valence-electron chi connectivity index (χ0n) is 17.9. The van der Waals surface area contributed by atoms with Gasteiger partial charge in [-0.2, -0.15) is 0 Å². The first-order chi connectivity index (χ1) is 14.8. The molecule has 0 saturated heterocycles. The van der Waals surface area contributed by atoms with Crippen molar-refractivity contribution < 1.29 is 18.4 Å². The first kappa shape index (κ1) is 20.9. The second-order valence-electron chi connectivity index (χ2n) is 8.71. The summed E-state index contributed by atoms with van der Waals surface area (Å²) in [5.41, 5.74) is 1.03. The number of aromatic nitrogens is 1. The van der Waals surface area contributed by atoms with Crippen LogP contribution in [0.15, 0.2) is 65.4 Å². The number of amides is 2. The van der Waals surface area contributed by atoms with Gasteiger partial charge >= 0.3 is 0 Å². The van der Waals surface area contributed by atoms with Gasteiger partial charge in [-0.1, -0.05) is 12.1 Å². The van der Waals surface area contributed by atoms with E-state index in [1.165, 1.54) is 23.3 Å². The molecule has 0 fully saturated rings. The van der Waals surface area contributed by atoms with E-state index in [9.17, 15) is 14.0 Å². The molecule has 3 aromatic rings. The summed E-state index contributed by atoms with van der Waals surface area (Å²) in [6.45, 7) is 6.65. The molecular weight excluding hydrogens is 397 g/mol. The lowest BCUT2D eigenvalue weighted by Gasteiger charge is -2.40. The molecule has 1 aromatic carbocycles. The van der Waals surface area contributed by atoms with Gasteiger partial charge < -0.3 is 18.8 Å². The number of fused-ring (bicyclic) bond motifs is 1. The van der Waals surface area contributed by atoms with Crippen molar-refractivity contribution in [1.82, 2.24) is 14.4 Å². The smallest absolute Gasteiger partial charge is 0.290 e. The molecule has 1 aliphatic rings. The highest BCUT2D eigenvalue weighted by Crippen LogP contribution is 2.33. The zero-order valence-corrected chi connectivity index (χ0v) is 17.9. The Bertz CT molecular complexity index is 1080. The molecule has 0 radical (unpaired) electrons. The standard InChI is InChI=1S/C24H26FN3O3/c1-24(2,3)28(23(30)20-10-6-14-31-20)16-21(29)27-13-12-26-11-5-9-19(26)22(27)17-7-4-8-18(25)15-17/h4-11,14-15,22H,12-13,16H2,1-3H3. The summed E-state index contributed by atoms with van der Waals surface area (Å²) < 4.78 is 21.4. The first-order valence-electron chi connectivity index (χ1n) is 10.3. The van der Waals surface area contributed by atoms with Gasteiger partial charge in [0.2, 0.25) is 5.91 Å². The minimum atomic E-state index is -0.593. The van der Waals surface area contributed by atoms with Crippen molar-refractivity contribution >= 4 is 11.8 Å². The largest absolute Gasteiger partial charge is 0.459 e. The van der Waals surface area contributed by atoms with E-state index in [1.54, 1.807) is 23.1 Å². The Morgan fingerprint density at radius 3 is 2.61 bits per heavy atom. The van der Waals surface area contributed by atoms with Gasteiger partial charge in [0.1, 0.15) is 12.4 Å². The monoisotopic (exact) mass is 423 g/mol. The highest BCUT2D eigenvalue weighted by molar-refractivity contribution is 5.95. The Morgan fingerprint density at radius 1 is 1.13 bits per heavy atom. The van der Waals surface area contributed by atoms with E-state index < -0.39 is 11.6 Å². The third-order valence-corrected chi connectivity index (χ3v) is 5.60. The van der Waals surface area contributed by atoms with Crippen LogP contribution in [0.1, 0.15) is 48.6 Å². The fraction of sp³-hybridized carbons (Fsp3) is 0.333. The number of carbonyl (C=O) groups is 2. The summed E-state index contributed by atoms with van der Waals surface area (Å²) in [4.78, 5) is 29.8. The van der Waals surface area contributed by atoms with Crippen LogP contribution in [0.25, 0.3) is 0 Å². The van der Waals surface area contributed by atoms with Crippen LogP contribution in [0.3, 0.4) is 0 Å². The Morgan fingerprint density at radius 2 is 1.94 bits per heavy atom. The molecule has 0 aliphatic carbocycles. The zero-order chi connectivity index (χ0) is 22.2. The Kier molecular flexibility index (Phi) is 5.43. The van der Waals surface area contributed by atoms with Gasteiger partial charge in [0.05, 0.1) is 12.3 Å². The minimum Gasteiger partial charge on any atom is -0.459 e. The molecule has 162 valence electrons. The maximum absolute atomic E-state index is 14.0. The summed E-state index contributed by atoms with van der Waals surface area (Å²) in [6.07, 6.45) is 3.40. The lowest BCUT2D eigenvalue weighted by atomic mass is 9.99. The van der Waals surface area contributed by atoms with E-state index >= 15 is 0 Å². The first-order valence-corrected chi connectivity index (χ1v) is 10.3. The molecule has 1 atom stereocenters. The lowest BCUT2D eigenvalue weighted by molar-refractivity contribution is -0.135. The fourth-order valence-electron chi connectivity index (χ4n) is 4.05. The van der Waals surface area contributed by atoms with Crippen molar-refractivity contribution in [1.29, 1.82) is 0 Å². The van der Waals surface area contributed by atoms with Crippen molar-refractivity contribution in [3.05, 3.63) is 83.8 Å². The molecule has 2 amide bonds. The summed E-state index contributed by atoms with van der Waals surface area (Å²) in [7, 11) is 0. The maximum Gasteiger partial charge on any atom is 0.290 e. The molecule has 0 saturated carbocycles. The fourth-order valence-corrected chi connectivity index (χ4v) is 4.05. The number of furan rings is 1. The van der Waals surface area contributed by atoms with Gasteiger partial charge in [0, 0.05) is 30.5 Å². The van der Waals surface area contributed by atoms with Crippen molar-refractivity contribution in [2.24, 2.45) is 0 Å². The van der Waals surface area contributed by atoms with E-state index in [2.05, 4.69) is 4.57 Å². The van der Waals surface area contributed by atoms with E-state index in [0.29, 0.717) is 18.7 Å². The minimum absolute atomic E-state index is 0.102. The average molecular weight is 423 g/mol. The number of hydrogen-bond donors (Lipinski definition) is 0. The van der Waals surface area contributed by atoms with Gasteiger partial charge in [0.15, 0.2) is 5.76 Å². The molecule has 0 bridgehead atoms. The Labute approximate surface area is 180 Å². The van der Waals surface area contributed by atoms with Crippen molar-refractivity contribution in [2.45, 2.75) is 38.9 Å². The molecule has 3 heterocycles. The van der Waals surface area contributed by atoms with E-state index in [0.717, 1.165) is 5.69 Å². The summed E-state index contributed by atoms with van der Waals surface area (Å²) in [5, 5.41) is 0. The van der Waals surface area contributed by atoms with Crippen LogP contribution in [0.5, 0.6) is 0 Å². The third-order valence-electron chi connectivity index (χ3n) is 5.60. The molecule has 2 aromatic heterocycles. The van der Waals surface area contributed by atoms with Crippen molar-refractivity contribution in [2.75, 3.05) is 13.1 Å². The molecule has 0 spiro atoms. The number of hydrogen-bond acceptors (Lipinski definition) is 3. The molecule has 31 heavy (non-hydrogen) atoms. The van der Waals surface area contributed by atoms with Crippen LogP contribution in [0.4, 0.5) is 4.39 Å². The van der Waals surface area contributed by atoms with Crippen LogP contribution >= 0.6 is 0 Å². The molecule has 1 unspecified atom stereocenters. The molecule has 6 nitrogen and oxygen atoms in total. The van der Waals surface area contributed by atoms with Gasteiger partial charge in [-0.3, -0.25) is 9.59 Å². The van der Waals surface area contributed by atoms with Crippen LogP contribution < -0.4 is 0 Å². The third kappa shape index (κ3) is 4.13. The van der Waals surface area contributed by atoms with Gasteiger partial charge in [-0.05, 0) is 62.7 Å². The SMILES string of the molecule is CC(C)(C)N(CC(=O)N1CCn2cccc2C1c1cccc(F)c1)C(=O)c1ccco1. The summed E-state index contributed by atoms with van der Waals surface area (Å²) >= 11 is 0. The second-order valence-corrected chi connectivity index (χ2v) is 8.71. The average Bonchev–Trinajstić information content (AvgIpc) is 3.41. The van der Waals surface area contributed by atoms with Gasteiger partial charge in [0.25, 0.3) is 5.91 Å². The molecule has 7 heteroatoms. The highest BCUT2D eigenvalue weighted by atomic mass is 19.1. The number of rotatable bonds is 4. The molecule has 4 rings (SSSR count). The van der Waals surface area contributed by atoms with E-state index in [1.807, 2.05) is 45.2 Å². The second kappa shape index (κ2) is 8.06. The number of halogens is 1. The van der Waals surface area contributed by atoms with Gasteiger partial charge in [-0.25, -0.2) is 4.39 Å². The van der Waals surface area contributed by atoms with Crippen LogP contribution in [-0.4, -0.2) is 44.8 Å². The maximum atomic E-state index is 14.0. The van der Waals surface area contributed by atoms with Gasteiger partial charge in [-0.15, -0.1) is 0 Å². The topological polar surface area (TPSA) is 58.7 Å². The van der Waals surface area contributed by atoms with E-state index in [4.69, 9.17) is 4.42 Å². The molecule has 1 aliphatic heterocycles. The predicted octanol–water partition coefficient (Wildman–Crippen LogP) is 4.09. The summed E-state index contributed by atoms with van der Waals surface area (Å²) in [6, 6.07) is 13.0. The Balaban J connectivity index is 1.66. The molecule has 0 N–H and O–H groups in total. The van der Waals surface area contributed by atoms with E-state index in [-0.39, 0.29) is 29.9 Å². The summed E-state index contributed by atoms with van der Waals surface area (Å²) in [5.74, 6) is -0.695. The number of benzene rings is 1. The highest BCUT2D eigenvalue weighted by Gasteiger charge is 2.36. The van der Waals surface area contributed by atoms with Crippen LogP contribution in [0, 0.1) is 5.82 Å².